The summed E-state index contributed by atoms with van der Waals surface area (Å²) in [5, 5.41) is 0. The molecule has 0 aliphatic heterocycles. The summed E-state index contributed by atoms with van der Waals surface area (Å²) < 4.78 is 0. The SMILES string of the molecule is CCCCCc1cccc(N)n1. The Labute approximate surface area is 73.8 Å². The second-order valence-electron chi connectivity index (χ2n) is 3.01. The van der Waals surface area contributed by atoms with Crippen LogP contribution in [0, 0.1) is 0 Å². The number of aromatic nitrogens is 1. The van der Waals surface area contributed by atoms with Crippen LogP contribution in [0.15, 0.2) is 18.2 Å². The molecule has 0 fully saturated rings. The first kappa shape index (κ1) is 9.04. The Morgan fingerprint density at radius 1 is 1.33 bits per heavy atom. The summed E-state index contributed by atoms with van der Waals surface area (Å²) >= 11 is 0. The first-order valence-corrected chi connectivity index (χ1v) is 4.54. The van der Waals surface area contributed by atoms with Gasteiger partial charge in [-0.15, -0.1) is 0 Å². The molecule has 2 nitrogen and oxygen atoms in total. The number of hydrogen-bond donors (Lipinski definition) is 1. The largest absolute Gasteiger partial charge is 0.384 e. The third kappa shape index (κ3) is 2.91. The van der Waals surface area contributed by atoms with Gasteiger partial charge in [-0.1, -0.05) is 25.8 Å². The maximum Gasteiger partial charge on any atom is 0.123 e. The van der Waals surface area contributed by atoms with Gasteiger partial charge in [0.2, 0.25) is 0 Å². The fraction of sp³-hybridized carbons (Fsp3) is 0.500. The quantitative estimate of drug-likeness (QED) is 0.694. The Hall–Kier alpha value is -1.05. The molecule has 0 unspecified atom stereocenters. The van der Waals surface area contributed by atoms with E-state index >= 15 is 0 Å². The van der Waals surface area contributed by atoms with Crippen LogP contribution in [-0.4, -0.2) is 4.98 Å². The van der Waals surface area contributed by atoms with E-state index in [4.69, 9.17) is 5.73 Å². The lowest BCUT2D eigenvalue weighted by Crippen LogP contribution is -1.94. The zero-order chi connectivity index (χ0) is 8.81. The molecule has 0 aromatic carbocycles. The highest BCUT2D eigenvalue weighted by molar-refractivity contribution is 5.28. The third-order valence-electron chi connectivity index (χ3n) is 1.86. The van der Waals surface area contributed by atoms with Crippen LogP contribution in [0.5, 0.6) is 0 Å². The van der Waals surface area contributed by atoms with Crippen molar-refractivity contribution >= 4 is 5.82 Å². The lowest BCUT2D eigenvalue weighted by atomic mass is 10.1. The number of aryl methyl sites for hydroxylation is 1. The van der Waals surface area contributed by atoms with E-state index in [-0.39, 0.29) is 0 Å². The predicted molar refractivity (Wildman–Crippen MR) is 51.9 cm³/mol. The van der Waals surface area contributed by atoms with Crippen molar-refractivity contribution < 1.29 is 0 Å². The monoisotopic (exact) mass is 164 g/mol. The molecule has 2 heteroatoms. The van der Waals surface area contributed by atoms with E-state index in [9.17, 15) is 0 Å². The molecule has 0 amide bonds. The first-order valence-electron chi connectivity index (χ1n) is 4.54. The van der Waals surface area contributed by atoms with Gasteiger partial charge in [0.05, 0.1) is 0 Å². The topological polar surface area (TPSA) is 38.9 Å². The Morgan fingerprint density at radius 2 is 2.17 bits per heavy atom. The maximum absolute atomic E-state index is 5.55. The van der Waals surface area contributed by atoms with Crippen molar-refractivity contribution in [3.63, 3.8) is 0 Å². The number of hydrogen-bond acceptors (Lipinski definition) is 2. The van der Waals surface area contributed by atoms with E-state index in [0.29, 0.717) is 5.82 Å². The summed E-state index contributed by atoms with van der Waals surface area (Å²) in [5.74, 6) is 0.629. The van der Waals surface area contributed by atoms with Crippen LogP contribution in [0.3, 0.4) is 0 Å². The number of nitrogens with two attached hydrogens (primary N) is 1. The van der Waals surface area contributed by atoms with Gasteiger partial charge in [0, 0.05) is 5.69 Å². The standard InChI is InChI=1S/C10H16N2/c1-2-3-4-6-9-7-5-8-10(11)12-9/h5,7-8H,2-4,6H2,1H3,(H2,11,12). The first-order chi connectivity index (χ1) is 5.83. The molecule has 0 saturated carbocycles. The molecule has 0 aliphatic rings. The highest BCUT2D eigenvalue weighted by Crippen LogP contribution is 2.05. The van der Waals surface area contributed by atoms with Crippen LogP contribution in [0.1, 0.15) is 31.9 Å². The summed E-state index contributed by atoms with van der Waals surface area (Å²) in [5.41, 5.74) is 6.67. The molecule has 0 aliphatic carbocycles. The molecular formula is C10H16N2. The second-order valence-corrected chi connectivity index (χ2v) is 3.01. The predicted octanol–water partition coefficient (Wildman–Crippen LogP) is 2.40. The van der Waals surface area contributed by atoms with E-state index in [2.05, 4.69) is 11.9 Å². The number of nitrogens with zero attached hydrogens (tertiary/aromatic N) is 1. The fourth-order valence-corrected chi connectivity index (χ4v) is 1.19. The van der Waals surface area contributed by atoms with E-state index in [0.717, 1.165) is 12.1 Å². The van der Waals surface area contributed by atoms with Gasteiger partial charge in [0.25, 0.3) is 0 Å². The summed E-state index contributed by atoms with van der Waals surface area (Å²) in [4.78, 5) is 4.22. The third-order valence-corrected chi connectivity index (χ3v) is 1.86. The smallest absolute Gasteiger partial charge is 0.123 e. The summed E-state index contributed by atoms with van der Waals surface area (Å²) in [6, 6.07) is 5.82. The molecule has 1 rings (SSSR count). The van der Waals surface area contributed by atoms with E-state index < -0.39 is 0 Å². The lowest BCUT2D eigenvalue weighted by Gasteiger charge is -1.99. The number of nitrogen functional groups attached to an aromatic ring is 1. The average molecular weight is 164 g/mol. The molecule has 2 N–H and O–H groups in total. The normalized spacial score (nSPS) is 10.1. The Morgan fingerprint density at radius 3 is 2.83 bits per heavy atom. The van der Waals surface area contributed by atoms with Gasteiger partial charge in [-0.2, -0.15) is 0 Å². The van der Waals surface area contributed by atoms with Gasteiger partial charge >= 0.3 is 0 Å². The van der Waals surface area contributed by atoms with Crippen molar-refractivity contribution in [1.29, 1.82) is 0 Å². The molecule has 1 aromatic rings. The van der Waals surface area contributed by atoms with Crippen LogP contribution in [0.2, 0.25) is 0 Å². The minimum Gasteiger partial charge on any atom is -0.384 e. The molecule has 66 valence electrons. The van der Waals surface area contributed by atoms with Gasteiger partial charge in [0.1, 0.15) is 5.82 Å². The van der Waals surface area contributed by atoms with Gasteiger partial charge in [-0.25, -0.2) is 4.98 Å². The summed E-state index contributed by atoms with van der Waals surface area (Å²) in [7, 11) is 0. The van der Waals surface area contributed by atoms with Crippen LogP contribution < -0.4 is 5.73 Å². The van der Waals surface area contributed by atoms with Crippen LogP contribution in [0.25, 0.3) is 0 Å². The zero-order valence-corrected chi connectivity index (χ0v) is 7.59. The van der Waals surface area contributed by atoms with E-state index in [1.807, 2.05) is 18.2 Å². The van der Waals surface area contributed by atoms with Gasteiger partial charge in [0.15, 0.2) is 0 Å². The summed E-state index contributed by atoms with van der Waals surface area (Å²) in [6.45, 7) is 2.20. The number of rotatable bonds is 4. The number of unbranched alkanes of at least 4 members (excludes halogenated alkanes) is 2. The molecule has 0 saturated heterocycles. The highest BCUT2D eigenvalue weighted by atomic mass is 14.8. The fourth-order valence-electron chi connectivity index (χ4n) is 1.19. The van der Waals surface area contributed by atoms with E-state index in [1.54, 1.807) is 0 Å². The van der Waals surface area contributed by atoms with Crippen molar-refractivity contribution in [2.75, 3.05) is 5.73 Å². The average Bonchev–Trinajstić information content (AvgIpc) is 2.05. The van der Waals surface area contributed by atoms with Crippen LogP contribution >= 0.6 is 0 Å². The summed E-state index contributed by atoms with van der Waals surface area (Å²) in [6.07, 6.45) is 4.80. The number of pyridine rings is 1. The van der Waals surface area contributed by atoms with Gasteiger partial charge in [-0.3, -0.25) is 0 Å². The van der Waals surface area contributed by atoms with Gasteiger partial charge < -0.3 is 5.73 Å². The van der Waals surface area contributed by atoms with Crippen molar-refractivity contribution in [2.24, 2.45) is 0 Å². The van der Waals surface area contributed by atoms with Crippen molar-refractivity contribution in [3.05, 3.63) is 23.9 Å². The molecule has 0 radical (unpaired) electrons. The minimum atomic E-state index is 0.629. The Kier molecular flexibility index (Phi) is 3.58. The second kappa shape index (κ2) is 4.75. The molecule has 0 bridgehead atoms. The van der Waals surface area contributed by atoms with Crippen LogP contribution in [-0.2, 0) is 6.42 Å². The molecule has 0 spiro atoms. The molecule has 1 heterocycles. The maximum atomic E-state index is 5.55. The zero-order valence-electron chi connectivity index (χ0n) is 7.59. The molecule has 12 heavy (non-hydrogen) atoms. The Bertz CT molecular complexity index is 233. The minimum absolute atomic E-state index is 0.629. The van der Waals surface area contributed by atoms with Crippen molar-refractivity contribution in [1.82, 2.24) is 4.98 Å². The van der Waals surface area contributed by atoms with Crippen molar-refractivity contribution in [2.45, 2.75) is 32.6 Å². The highest BCUT2D eigenvalue weighted by Gasteiger charge is 1.93. The lowest BCUT2D eigenvalue weighted by molar-refractivity contribution is 0.708. The number of anilines is 1. The Balaban J connectivity index is 2.41. The molecular weight excluding hydrogens is 148 g/mol. The van der Waals surface area contributed by atoms with E-state index in [1.165, 1.54) is 19.3 Å². The molecule has 0 atom stereocenters. The van der Waals surface area contributed by atoms with Crippen LogP contribution in [0.4, 0.5) is 5.82 Å². The van der Waals surface area contributed by atoms with Crippen molar-refractivity contribution in [3.8, 4) is 0 Å². The molecule has 1 aromatic heterocycles. The van der Waals surface area contributed by atoms with Gasteiger partial charge in [-0.05, 0) is 25.0 Å².